The molecule has 2 heteroatoms. The van der Waals surface area contributed by atoms with Crippen LogP contribution in [0.1, 0.15) is 79.4 Å². The lowest BCUT2D eigenvalue weighted by Crippen LogP contribution is -2.16. The second kappa shape index (κ2) is 9.73. The lowest BCUT2D eigenvalue weighted by molar-refractivity contribution is 0.0734. The maximum absolute atomic E-state index is 12.5. The Morgan fingerprint density at radius 3 is 2.56 bits per heavy atom. The summed E-state index contributed by atoms with van der Waals surface area (Å²) in [6, 6.07) is 14.0. The van der Waals surface area contributed by atoms with Gasteiger partial charge in [0.1, 0.15) is 5.75 Å². The van der Waals surface area contributed by atoms with Crippen molar-refractivity contribution in [3.05, 3.63) is 64.7 Å². The fourth-order valence-corrected chi connectivity index (χ4v) is 4.07. The first-order valence-electron chi connectivity index (χ1n) is 10.6. The van der Waals surface area contributed by atoms with E-state index in [0.717, 1.165) is 31.6 Å². The fraction of sp³-hybridized carbons (Fsp3) is 0.480. The lowest BCUT2D eigenvalue weighted by atomic mass is 9.81. The molecular weight excluding hydrogens is 332 g/mol. The van der Waals surface area contributed by atoms with Gasteiger partial charge in [0.05, 0.1) is 5.56 Å². The minimum Gasteiger partial charge on any atom is -0.423 e. The summed E-state index contributed by atoms with van der Waals surface area (Å²) in [5.41, 5.74) is 4.69. The van der Waals surface area contributed by atoms with Crippen molar-refractivity contribution in [1.82, 2.24) is 0 Å². The second-order valence-electron chi connectivity index (χ2n) is 7.87. The van der Waals surface area contributed by atoms with E-state index < -0.39 is 0 Å². The van der Waals surface area contributed by atoms with Crippen LogP contribution < -0.4 is 4.74 Å². The van der Waals surface area contributed by atoms with Crippen molar-refractivity contribution in [3.63, 3.8) is 0 Å². The van der Waals surface area contributed by atoms with E-state index in [1.54, 1.807) is 0 Å². The van der Waals surface area contributed by atoms with Crippen LogP contribution in [0.3, 0.4) is 0 Å². The molecule has 144 valence electrons. The average molecular weight is 365 g/mol. The Morgan fingerprint density at radius 1 is 1.00 bits per heavy atom. The van der Waals surface area contributed by atoms with E-state index in [2.05, 4.69) is 19.9 Å². The fourth-order valence-electron chi connectivity index (χ4n) is 4.07. The molecule has 1 aliphatic rings. The third-order valence-corrected chi connectivity index (χ3v) is 5.66. The van der Waals surface area contributed by atoms with Crippen molar-refractivity contribution < 1.29 is 9.53 Å². The number of benzene rings is 2. The smallest absolute Gasteiger partial charge is 0.343 e. The molecule has 2 aromatic rings. The topological polar surface area (TPSA) is 26.3 Å². The van der Waals surface area contributed by atoms with Crippen LogP contribution in [0.5, 0.6) is 5.75 Å². The minimum absolute atomic E-state index is 0.258. The summed E-state index contributed by atoms with van der Waals surface area (Å²) in [7, 11) is 0. The zero-order valence-corrected chi connectivity index (χ0v) is 16.8. The van der Waals surface area contributed by atoms with Crippen LogP contribution in [0.4, 0.5) is 0 Å². The highest BCUT2D eigenvalue weighted by atomic mass is 16.5. The van der Waals surface area contributed by atoms with Crippen molar-refractivity contribution in [1.29, 1.82) is 0 Å². The van der Waals surface area contributed by atoms with Gasteiger partial charge >= 0.3 is 5.97 Å². The Hall–Kier alpha value is -2.09. The number of fused-ring (bicyclic) bond motifs is 1. The van der Waals surface area contributed by atoms with Gasteiger partial charge in [-0.3, -0.25) is 0 Å². The normalized spacial score (nSPS) is 16.0. The Bertz CT molecular complexity index is 745. The highest BCUT2D eigenvalue weighted by Gasteiger charge is 2.20. The van der Waals surface area contributed by atoms with Crippen molar-refractivity contribution in [2.24, 2.45) is 5.92 Å². The number of carbonyl (C=O) groups is 1. The highest BCUT2D eigenvalue weighted by molar-refractivity contribution is 5.91. The number of unbranched alkanes of at least 4 members (excludes halogenated alkanes) is 2. The number of hydrogen-bond acceptors (Lipinski definition) is 2. The average Bonchev–Trinajstić information content (AvgIpc) is 2.69. The van der Waals surface area contributed by atoms with Gasteiger partial charge < -0.3 is 4.74 Å². The van der Waals surface area contributed by atoms with Crippen molar-refractivity contribution in [2.75, 3.05) is 0 Å². The number of hydrogen-bond donors (Lipinski definition) is 0. The molecule has 1 aliphatic carbocycles. The van der Waals surface area contributed by atoms with Crippen LogP contribution >= 0.6 is 0 Å². The largest absolute Gasteiger partial charge is 0.423 e. The number of aryl methyl sites for hydroxylation is 2. The summed E-state index contributed by atoms with van der Waals surface area (Å²) in [6.07, 6.45) is 11.0. The molecule has 2 aromatic carbocycles. The van der Waals surface area contributed by atoms with Crippen molar-refractivity contribution in [3.8, 4) is 5.75 Å². The second-order valence-corrected chi connectivity index (χ2v) is 7.87. The molecule has 1 unspecified atom stereocenters. The lowest BCUT2D eigenvalue weighted by Gasteiger charge is -2.25. The first-order valence-corrected chi connectivity index (χ1v) is 10.6. The summed E-state index contributed by atoms with van der Waals surface area (Å²) in [4.78, 5) is 12.5. The van der Waals surface area contributed by atoms with Crippen LogP contribution in [-0.2, 0) is 19.3 Å². The summed E-state index contributed by atoms with van der Waals surface area (Å²) in [5, 5.41) is 0. The highest BCUT2D eigenvalue weighted by Crippen LogP contribution is 2.30. The standard InChI is InChI=1S/C25H32O2/c1-3-5-6-8-20-9-12-22-18-23(14-13-21(22)17-20)25(26)27-24-15-10-19(7-4-2)11-16-24/h10-11,13-16,18,20H,3-9,12,17H2,1-2H3. The number of esters is 1. The van der Waals surface area contributed by atoms with Gasteiger partial charge in [-0.05, 0) is 72.6 Å². The summed E-state index contributed by atoms with van der Waals surface area (Å²) in [5.74, 6) is 1.17. The molecule has 0 saturated carbocycles. The molecule has 2 nitrogen and oxygen atoms in total. The predicted molar refractivity (Wildman–Crippen MR) is 111 cm³/mol. The predicted octanol–water partition coefficient (Wildman–Crippen LogP) is 6.54. The molecule has 1 atom stereocenters. The Labute approximate surface area is 164 Å². The number of ether oxygens (including phenoxy) is 1. The Balaban J connectivity index is 1.60. The molecule has 0 N–H and O–H groups in total. The monoisotopic (exact) mass is 364 g/mol. The maximum atomic E-state index is 12.5. The van der Waals surface area contributed by atoms with Crippen LogP contribution in [0.2, 0.25) is 0 Å². The van der Waals surface area contributed by atoms with Gasteiger partial charge in [0, 0.05) is 0 Å². The summed E-state index contributed by atoms with van der Waals surface area (Å²) in [6.45, 7) is 4.42. The van der Waals surface area contributed by atoms with Gasteiger partial charge in [-0.2, -0.15) is 0 Å². The van der Waals surface area contributed by atoms with E-state index in [-0.39, 0.29) is 5.97 Å². The SMILES string of the molecule is CCCCCC1CCc2cc(C(=O)Oc3ccc(CCC)cc3)ccc2C1. The molecule has 0 amide bonds. The molecule has 0 heterocycles. The molecular formula is C25H32O2. The molecule has 0 aromatic heterocycles. The van der Waals surface area contributed by atoms with Gasteiger partial charge in [0.15, 0.2) is 0 Å². The van der Waals surface area contributed by atoms with Crippen LogP contribution in [0.15, 0.2) is 42.5 Å². The van der Waals surface area contributed by atoms with E-state index in [4.69, 9.17) is 4.74 Å². The molecule has 27 heavy (non-hydrogen) atoms. The molecule has 0 saturated heterocycles. The molecule has 0 fully saturated rings. The Kier molecular flexibility index (Phi) is 7.09. The first kappa shape index (κ1) is 19.7. The number of rotatable bonds is 8. The van der Waals surface area contributed by atoms with Gasteiger partial charge in [0.25, 0.3) is 0 Å². The van der Waals surface area contributed by atoms with E-state index >= 15 is 0 Å². The molecule has 3 rings (SSSR count). The Morgan fingerprint density at radius 2 is 1.81 bits per heavy atom. The molecule has 0 radical (unpaired) electrons. The van der Waals surface area contributed by atoms with E-state index in [1.807, 2.05) is 36.4 Å². The van der Waals surface area contributed by atoms with Gasteiger partial charge in [-0.15, -0.1) is 0 Å². The van der Waals surface area contributed by atoms with E-state index in [0.29, 0.717) is 11.3 Å². The van der Waals surface area contributed by atoms with Gasteiger partial charge in [-0.1, -0.05) is 64.2 Å². The first-order chi connectivity index (χ1) is 13.2. The molecule has 0 aliphatic heterocycles. The summed E-state index contributed by atoms with van der Waals surface area (Å²) >= 11 is 0. The third kappa shape index (κ3) is 5.45. The van der Waals surface area contributed by atoms with E-state index in [1.165, 1.54) is 48.8 Å². The van der Waals surface area contributed by atoms with Gasteiger partial charge in [0.2, 0.25) is 0 Å². The molecule has 0 bridgehead atoms. The zero-order valence-electron chi connectivity index (χ0n) is 16.8. The van der Waals surface area contributed by atoms with Crippen LogP contribution in [-0.4, -0.2) is 5.97 Å². The van der Waals surface area contributed by atoms with Crippen LogP contribution in [0.25, 0.3) is 0 Å². The number of carbonyl (C=O) groups excluding carboxylic acids is 1. The maximum Gasteiger partial charge on any atom is 0.343 e. The van der Waals surface area contributed by atoms with Crippen molar-refractivity contribution >= 4 is 5.97 Å². The molecule has 0 spiro atoms. The van der Waals surface area contributed by atoms with Gasteiger partial charge in [-0.25, -0.2) is 4.79 Å². The van der Waals surface area contributed by atoms with E-state index in [9.17, 15) is 4.79 Å². The zero-order chi connectivity index (χ0) is 19.1. The summed E-state index contributed by atoms with van der Waals surface area (Å²) < 4.78 is 5.57. The van der Waals surface area contributed by atoms with Crippen LogP contribution in [0, 0.1) is 5.92 Å². The minimum atomic E-state index is -0.258. The van der Waals surface area contributed by atoms with Crippen molar-refractivity contribution in [2.45, 2.75) is 71.6 Å². The third-order valence-electron chi connectivity index (χ3n) is 5.66. The quantitative estimate of drug-likeness (QED) is 0.302.